The van der Waals surface area contributed by atoms with Crippen LogP contribution in [0.3, 0.4) is 0 Å². The van der Waals surface area contributed by atoms with Gasteiger partial charge in [0.25, 0.3) is 0 Å². The number of halogens is 2. The van der Waals surface area contributed by atoms with E-state index in [1.54, 1.807) is 0 Å². The van der Waals surface area contributed by atoms with Crippen LogP contribution < -0.4 is 5.73 Å². The van der Waals surface area contributed by atoms with Gasteiger partial charge >= 0.3 is 0 Å². The number of benzene rings is 1. The third kappa shape index (κ3) is 2.99. The van der Waals surface area contributed by atoms with E-state index in [4.69, 9.17) is 17.3 Å². The van der Waals surface area contributed by atoms with Gasteiger partial charge in [0.05, 0.1) is 0 Å². The lowest BCUT2D eigenvalue weighted by molar-refractivity contribution is 0.259. The maximum absolute atomic E-state index is 6.28. The van der Waals surface area contributed by atoms with E-state index in [2.05, 4.69) is 26.9 Å². The Morgan fingerprint density at radius 1 is 1.32 bits per heavy atom. The van der Waals surface area contributed by atoms with Gasteiger partial charge in [0.15, 0.2) is 0 Å². The van der Waals surface area contributed by atoms with Crippen molar-refractivity contribution >= 4 is 27.5 Å². The van der Waals surface area contributed by atoms with Gasteiger partial charge in [0.2, 0.25) is 0 Å². The molecule has 1 saturated heterocycles. The molecule has 1 saturated carbocycles. The minimum Gasteiger partial charge on any atom is -0.327 e. The molecule has 0 bridgehead atoms. The molecule has 1 aliphatic carbocycles. The molecule has 3 rings (SSSR count). The van der Waals surface area contributed by atoms with E-state index < -0.39 is 0 Å². The molecule has 2 aliphatic rings. The molecule has 2 N–H and O–H groups in total. The molecule has 4 heteroatoms. The number of rotatable bonds is 2. The summed E-state index contributed by atoms with van der Waals surface area (Å²) < 4.78 is 1.10. The molecule has 0 amide bonds. The van der Waals surface area contributed by atoms with Crippen LogP contribution >= 0.6 is 27.5 Å². The summed E-state index contributed by atoms with van der Waals surface area (Å²) in [7, 11) is 0. The molecular weight excluding hydrogens is 324 g/mol. The molecule has 1 aromatic carbocycles. The first-order chi connectivity index (χ1) is 9.13. The predicted octanol–water partition coefficient (Wildman–Crippen LogP) is 3.66. The van der Waals surface area contributed by atoms with Gasteiger partial charge in [-0.1, -0.05) is 34.0 Å². The molecule has 2 fully saturated rings. The Bertz CT molecular complexity index is 465. The normalized spacial score (nSPS) is 31.4. The van der Waals surface area contributed by atoms with Crippen LogP contribution in [-0.4, -0.2) is 24.0 Å². The molecule has 0 aromatic heterocycles. The Balaban J connectivity index is 1.70. The van der Waals surface area contributed by atoms with E-state index in [0.29, 0.717) is 12.0 Å². The maximum Gasteiger partial charge on any atom is 0.0451 e. The number of likely N-dealkylation sites (tertiary alicyclic amines) is 1. The molecule has 1 heterocycles. The zero-order valence-corrected chi connectivity index (χ0v) is 13.3. The second kappa shape index (κ2) is 5.72. The van der Waals surface area contributed by atoms with E-state index in [1.807, 2.05) is 12.1 Å². The number of fused-ring (bicyclic) bond motifs is 1. The number of nitrogens with zero attached hydrogens (tertiary/aromatic N) is 1. The van der Waals surface area contributed by atoms with Gasteiger partial charge in [-0.3, -0.25) is 4.90 Å². The third-order valence-electron chi connectivity index (χ3n) is 4.63. The van der Waals surface area contributed by atoms with E-state index in [9.17, 15) is 0 Å². The van der Waals surface area contributed by atoms with Gasteiger partial charge < -0.3 is 5.73 Å². The van der Waals surface area contributed by atoms with Crippen LogP contribution in [0.15, 0.2) is 22.7 Å². The Hall–Kier alpha value is -0.0900. The van der Waals surface area contributed by atoms with Gasteiger partial charge in [-0.2, -0.15) is 0 Å². The SMILES string of the molecule is NC1CCCC2CN(Cc3cc(Br)ccc3Cl)CC12. The van der Waals surface area contributed by atoms with Gasteiger partial charge in [0, 0.05) is 35.2 Å². The number of hydrogen-bond acceptors (Lipinski definition) is 2. The van der Waals surface area contributed by atoms with Crippen LogP contribution in [0.1, 0.15) is 24.8 Å². The van der Waals surface area contributed by atoms with Crippen LogP contribution in [0.4, 0.5) is 0 Å². The quantitative estimate of drug-likeness (QED) is 0.888. The van der Waals surface area contributed by atoms with Crippen LogP contribution in [-0.2, 0) is 6.54 Å². The minimum absolute atomic E-state index is 0.404. The summed E-state index contributed by atoms with van der Waals surface area (Å²) in [6.07, 6.45) is 3.85. The molecule has 3 atom stereocenters. The van der Waals surface area contributed by atoms with Crippen molar-refractivity contribution in [2.45, 2.75) is 31.8 Å². The fraction of sp³-hybridized carbons (Fsp3) is 0.600. The highest BCUT2D eigenvalue weighted by Crippen LogP contribution is 2.36. The molecule has 0 spiro atoms. The third-order valence-corrected chi connectivity index (χ3v) is 5.49. The standard InChI is InChI=1S/C15H20BrClN2/c16-12-4-5-14(17)11(6-12)8-19-7-10-2-1-3-15(18)13(10)9-19/h4-6,10,13,15H,1-3,7-9,18H2. The van der Waals surface area contributed by atoms with Crippen molar-refractivity contribution in [3.63, 3.8) is 0 Å². The molecular formula is C15H20BrClN2. The monoisotopic (exact) mass is 342 g/mol. The summed E-state index contributed by atoms with van der Waals surface area (Å²) >= 11 is 9.80. The van der Waals surface area contributed by atoms with E-state index >= 15 is 0 Å². The van der Waals surface area contributed by atoms with Gasteiger partial charge in [0.1, 0.15) is 0 Å². The Kier molecular flexibility index (Phi) is 4.18. The van der Waals surface area contributed by atoms with E-state index in [1.165, 1.54) is 31.4 Å². The summed E-state index contributed by atoms with van der Waals surface area (Å²) in [5, 5.41) is 0.863. The molecule has 0 radical (unpaired) electrons. The van der Waals surface area contributed by atoms with Crippen LogP contribution in [0.2, 0.25) is 5.02 Å². The average molecular weight is 344 g/mol. The molecule has 1 aromatic rings. The maximum atomic E-state index is 6.28. The highest BCUT2D eigenvalue weighted by Gasteiger charge is 2.38. The Morgan fingerprint density at radius 3 is 2.95 bits per heavy atom. The van der Waals surface area contributed by atoms with Crippen molar-refractivity contribution in [1.82, 2.24) is 4.90 Å². The highest BCUT2D eigenvalue weighted by molar-refractivity contribution is 9.10. The zero-order valence-electron chi connectivity index (χ0n) is 11.0. The highest BCUT2D eigenvalue weighted by atomic mass is 79.9. The number of nitrogens with two attached hydrogens (primary N) is 1. The summed E-state index contributed by atoms with van der Waals surface area (Å²) in [5.41, 5.74) is 7.48. The summed E-state index contributed by atoms with van der Waals surface area (Å²) in [6, 6.07) is 6.49. The molecule has 1 aliphatic heterocycles. The van der Waals surface area contributed by atoms with Crippen molar-refractivity contribution in [2.24, 2.45) is 17.6 Å². The molecule has 19 heavy (non-hydrogen) atoms. The summed E-state index contributed by atoms with van der Waals surface area (Å²) in [5.74, 6) is 1.49. The predicted molar refractivity (Wildman–Crippen MR) is 83.2 cm³/mol. The van der Waals surface area contributed by atoms with Crippen molar-refractivity contribution < 1.29 is 0 Å². The lowest BCUT2D eigenvalue weighted by Gasteiger charge is -2.29. The minimum atomic E-state index is 0.404. The molecule has 3 unspecified atom stereocenters. The van der Waals surface area contributed by atoms with Crippen molar-refractivity contribution in [3.05, 3.63) is 33.3 Å². The second-order valence-electron chi connectivity index (χ2n) is 5.95. The Labute approximate surface area is 128 Å². The molecule has 104 valence electrons. The lowest BCUT2D eigenvalue weighted by Crippen LogP contribution is -2.38. The van der Waals surface area contributed by atoms with Crippen LogP contribution in [0.25, 0.3) is 0 Å². The Morgan fingerprint density at radius 2 is 2.16 bits per heavy atom. The van der Waals surface area contributed by atoms with Crippen LogP contribution in [0.5, 0.6) is 0 Å². The van der Waals surface area contributed by atoms with Gasteiger partial charge in [-0.15, -0.1) is 0 Å². The summed E-state index contributed by atoms with van der Waals surface area (Å²) in [4.78, 5) is 2.52. The first-order valence-corrected chi connectivity index (χ1v) is 8.22. The first-order valence-electron chi connectivity index (χ1n) is 7.05. The zero-order chi connectivity index (χ0) is 13.4. The topological polar surface area (TPSA) is 29.3 Å². The smallest absolute Gasteiger partial charge is 0.0451 e. The van der Waals surface area contributed by atoms with Crippen molar-refractivity contribution in [1.29, 1.82) is 0 Å². The van der Waals surface area contributed by atoms with Crippen molar-refractivity contribution in [3.8, 4) is 0 Å². The van der Waals surface area contributed by atoms with E-state index in [-0.39, 0.29) is 0 Å². The van der Waals surface area contributed by atoms with Crippen LogP contribution in [0, 0.1) is 11.8 Å². The largest absolute Gasteiger partial charge is 0.327 e. The van der Waals surface area contributed by atoms with E-state index in [0.717, 1.165) is 28.5 Å². The van der Waals surface area contributed by atoms with Gasteiger partial charge in [-0.25, -0.2) is 0 Å². The number of hydrogen-bond donors (Lipinski definition) is 1. The average Bonchev–Trinajstić information content (AvgIpc) is 2.78. The summed E-state index contributed by atoms with van der Waals surface area (Å²) in [6.45, 7) is 3.26. The fourth-order valence-electron chi connectivity index (χ4n) is 3.64. The second-order valence-corrected chi connectivity index (χ2v) is 7.27. The lowest BCUT2D eigenvalue weighted by atomic mass is 9.78. The molecule has 2 nitrogen and oxygen atoms in total. The first kappa shape index (κ1) is 13.9. The van der Waals surface area contributed by atoms with Gasteiger partial charge in [-0.05, 0) is 48.4 Å². The van der Waals surface area contributed by atoms with Crippen molar-refractivity contribution in [2.75, 3.05) is 13.1 Å². The fourth-order valence-corrected chi connectivity index (χ4v) is 4.23.